The maximum absolute atomic E-state index is 11.8. The maximum Gasteiger partial charge on any atom is 0.269 e. The molecule has 0 bridgehead atoms. The van der Waals surface area contributed by atoms with Crippen LogP contribution in [0.25, 0.3) is 10.3 Å². The Bertz CT molecular complexity index is 1180. The number of nitrogens with one attached hydrogen (secondary N) is 1. The summed E-state index contributed by atoms with van der Waals surface area (Å²) in [7, 11) is 3.24. The number of nitrogens with zero attached hydrogens (tertiary/aromatic N) is 6. The van der Waals surface area contributed by atoms with E-state index in [4.69, 9.17) is 9.47 Å². The van der Waals surface area contributed by atoms with Crippen LogP contribution >= 0.6 is 11.3 Å². The van der Waals surface area contributed by atoms with Crippen LogP contribution < -0.4 is 14.9 Å². The number of allylic oxidation sites excluding steroid dienone is 1. The van der Waals surface area contributed by atoms with Crippen LogP contribution in [0, 0.1) is 0 Å². The minimum atomic E-state index is -1.55. The lowest BCUT2D eigenvalue weighted by molar-refractivity contribution is -0.102. The van der Waals surface area contributed by atoms with Crippen molar-refractivity contribution < 1.29 is 14.6 Å². The van der Waals surface area contributed by atoms with E-state index in [1.54, 1.807) is 26.6 Å². The minimum absolute atomic E-state index is 0.425. The molecule has 0 radical (unpaired) electrons. The summed E-state index contributed by atoms with van der Waals surface area (Å²) in [6.45, 7) is 2.76. The molecule has 0 spiro atoms. The highest BCUT2D eigenvalue weighted by Crippen LogP contribution is 2.40. The van der Waals surface area contributed by atoms with E-state index >= 15 is 0 Å². The molecule has 3 aromatic rings. The van der Waals surface area contributed by atoms with Gasteiger partial charge in [0.05, 0.1) is 39.2 Å². The normalized spacial score (nSPS) is 20.5. The van der Waals surface area contributed by atoms with E-state index in [1.807, 2.05) is 35.0 Å². The molecule has 160 valence electrons. The third-order valence-corrected chi connectivity index (χ3v) is 6.34. The molecule has 0 saturated carbocycles. The molecule has 31 heavy (non-hydrogen) atoms. The first-order valence-corrected chi connectivity index (χ1v) is 10.4. The zero-order valence-corrected chi connectivity index (χ0v) is 18.1. The van der Waals surface area contributed by atoms with E-state index in [0.29, 0.717) is 39.9 Å². The van der Waals surface area contributed by atoms with Crippen LogP contribution in [0.1, 0.15) is 17.5 Å². The van der Waals surface area contributed by atoms with Gasteiger partial charge in [-0.15, -0.1) is 0 Å². The van der Waals surface area contributed by atoms with E-state index in [2.05, 4.69) is 25.4 Å². The van der Waals surface area contributed by atoms with Gasteiger partial charge in [-0.25, -0.2) is 15.0 Å². The predicted octanol–water partition coefficient (Wildman–Crippen LogP) is 1.80. The van der Waals surface area contributed by atoms with Crippen LogP contribution in [0.2, 0.25) is 0 Å². The summed E-state index contributed by atoms with van der Waals surface area (Å²) >= 11 is 1.32. The SMILES string of the molecule is COc1ccc(CN2N[C@@](O)(c3nc4cncnc4s3)N3CC=NC(C)=C23)c(OC)c1. The molecule has 2 aliphatic rings. The Morgan fingerprint density at radius 1 is 1.29 bits per heavy atom. The third kappa shape index (κ3) is 3.17. The highest BCUT2D eigenvalue weighted by atomic mass is 32.1. The van der Waals surface area contributed by atoms with Gasteiger partial charge >= 0.3 is 0 Å². The van der Waals surface area contributed by atoms with Crippen LogP contribution in [0.15, 0.2) is 47.2 Å². The number of ether oxygens (including phenoxy) is 2. The molecule has 0 aliphatic carbocycles. The zero-order valence-electron chi connectivity index (χ0n) is 17.2. The molecule has 2 aromatic heterocycles. The second-order valence-electron chi connectivity index (χ2n) is 7.11. The monoisotopic (exact) mass is 439 g/mol. The molecule has 2 aliphatic heterocycles. The fraction of sp³-hybridized carbons (Fsp3) is 0.300. The molecular formula is C20H21N7O3S. The van der Waals surface area contributed by atoms with Crippen LogP contribution in [-0.4, -0.2) is 56.9 Å². The number of hydrogen-bond donors (Lipinski definition) is 2. The molecule has 11 heteroatoms. The van der Waals surface area contributed by atoms with Crippen molar-refractivity contribution in [3.05, 3.63) is 52.8 Å². The molecular weight excluding hydrogens is 418 g/mol. The number of benzene rings is 1. The number of rotatable bonds is 5. The summed E-state index contributed by atoms with van der Waals surface area (Å²) < 4.78 is 10.9. The van der Waals surface area contributed by atoms with Gasteiger partial charge in [0, 0.05) is 17.8 Å². The molecule has 1 fully saturated rings. The van der Waals surface area contributed by atoms with Crippen molar-refractivity contribution in [3.63, 3.8) is 0 Å². The van der Waals surface area contributed by atoms with Gasteiger partial charge < -0.3 is 19.5 Å². The summed E-state index contributed by atoms with van der Waals surface area (Å²) in [5.41, 5.74) is 5.58. The van der Waals surface area contributed by atoms with Crippen molar-refractivity contribution in [2.45, 2.75) is 19.3 Å². The van der Waals surface area contributed by atoms with E-state index in [1.165, 1.54) is 17.7 Å². The number of thiazole rings is 1. The summed E-state index contributed by atoms with van der Waals surface area (Å²) in [6, 6.07) is 5.66. The average molecular weight is 440 g/mol. The molecule has 1 atom stereocenters. The average Bonchev–Trinajstić information content (AvgIpc) is 3.35. The Balaban J connectivity index is 1.55. The molecule has 0 unspecified atom stereocenters. The lowest BCUT2D eigenvalue weighted by atomic mass is 10.2. The molecule has 5 rings (SSSR count). The summed E-state index contributed by atoms with van der Waals surface area (Å²) in [5.74, 6) is 0.624. The largest absolute Gasteiger partial charge is 0.497 e. The molecule has 0 amide bonds. The Kier molecular flexibility index (Phi) is 4.73. The van der Waals surface area contributed by atoms with Crippen molar-refractivity contribution >= 4 is 27.9 Å². The first-order valence-electron chi connectivity index (χ1n) is 9.60. The Hall–Kier alpha value is -3.28. The highest BCUT2D eigenvalue weighted by molar-refractivity contribution is 7.18. The van der Waals surface area contributed by atoms with E-state index in [0.717, 1.165) is 17.1 Å². The molecule has 4 heterocycles. The second-order valence-corrected chi connectivity index (χ2v) is 8.09. The third-order valence-electron chi connectivity index (χ3n) is 5.26. The zero-order chi connectivity index (χ0) is 21.6. The van der Waals surface area contributed by atoms with Gasteiger partial charge in [0.25, 0.3) is 5.85 Å². The highest BCUT2D eigenvalue weighted by Gasteiger charge is 2.51. The van der Waals surface area contributed by atoms with Crippen LogP contribution in [0.5, 0.6) is 11.5 Å². The van der Waals surface area contributed by atoms with Crippen molar-refractivity contribution in [1.29, 1.82) is 0 Å². The lowest BCUT2D eigenvalue weighted by Gasteiger charge is -2.31. The van der Waals surface area contributed by atoms with Crippen LogP contribution in [-0.2, 0) is 12.4 Å². The molecule has 2 N–H and O–H groups in total. The van der Waals surface area contributed by atoms with Gasteiger partial charge in [0.2, 0.25) is 0 Å². The number of hydrogen-bond acceptors (Lipinski definition) is 11. The van der Waals surface area contributed by atoms with Crippen molar-refractivity contribution in [3.8, 4) is 11.5 Å². The van der Waals surface area contributed by atoms with Gasteiger partial charge in [0.15, 0.2) is 5.01 Å². The quantitative estimate of drug-likeness (QED) is 0.615. The van der Waals surface area contributed by atoms with Crippen LogP contribution in [0.4, 0.5) is 0 Å². The molecule has 1 aromatic carbocycles. The first kappa shape index (κ1) is 19.7. The van der Waals surface area contributed by atoms with Crippen LogP contribution in [0.3, 0.4) is 0 Å². The first-order chi connectivity index (χ1) is 15.0. The van der Waals surface area contributed by atoms with E-state index in [9.17, 15) is 5.11 Å². The lowest BCUT2D eigenvalue weighted by Crippen LogP contribution is -2.50. The van der Waals surface area contributed by atoms with Gasteiger partial charge in [-0.2, -0.15) is 5.43 Å². The number of aliphatic imine (C=N–C) groups is 1. The predicted molar refractivity (Wildman–Crippen MR) is 115 cm³/mol. The molecule has 1 saturated heterocycles. The number of fused-ring (bicyclic) bond motifs is 2. The number of methoxy groups -OCH3 is 2. The number of aromatic nitrogens is 3. The summed E-state index contributed by atoms with van der Waals surface area (Å²) in [4.78, 5) is 19.9. The van der Waals surface area contributed by atoms with Crippen molar-refractivity contribution in [2.75, 3.05) is 20.8 Å². The topological polar surface area (TPSA) is 108 Å². The minimum Gasteiger partial charge on any atom is -0.497 e. The number of hydrazine groups is 1. The fourth-order valence-corrected chi connectivity index (χ4v) is 4.72. The Morgan fingerprint density at radius 2 is 2.16 bits per heavy atom. The number of aliphatic hydroxyl groups is 1. The van der Waals surface area contributed by atoms with Crippen molar-refractivity contribution in [1.82, 2.24) is 30.3 Å². The summed E-state index contributed by atoms with van der Waals surface area (Å²) in [6.07, 6.45) is 4.89. The van der Waals surface area contributed by atoms with Gasteiger partial charge in [-0.1, -0.05) is 11.3 Å². The standard InChI is InChI=1S/C20H21N7O3S/c1-12-18-26(7-6-22-12)20(28,19-24-15-9-21-11-23-17(15)31-19)25-27(18)10-13-4-5-14(29-2)8-16(13)30-3/h4-6,8-9,11,25,28H,7,10H2,1-3H3/t20-/m0/s1. The van der Waals surface area contributed by atoms with Gasteiger partial charge in [-0.05, 0) is 19.1 Å². The summed E-state index contributed by atoms with van der Waals surface area (Å²) in [5, 5.41) is 14.1. The van der Waals surface area contributed by atoms with E-state index < -0.39 is 5.85 Å². The maximum atomic E-state index is 11.8. The Morgan fingerprint density at radius 3 is 2.94 bits per heavy atom. The Labute approximate surface area is 182 Å². The van der Waals surface area contributed by atoms with Gasteiger partial charge in [-0.3, -0.25) is 10.0 Å². The van der Waals surface area contributed by atoms with Crippen molar-refractivity contribution in [2.24, 2.45) is 4.99 Å². The second kappa shape index (κ2) is 7.45. The molecule has 10 nitrogen and oxygen atoms in total. The smallest absolute Gasteiger partial charge is 0.269 e. The fourth-order valence-electron chi connectivity index (χ4n) is 3.80. The van der Waals surface area contributed by atoms with Gasteiger partial charge in [0.1, 0.15) is 34.0 Å². The van der Waals surface area contributed by atoms with E-state index in [-0.39, 0.29) is 0 Å².